The van der Waals surface area contributed by atoms with Gasteiger partial charge in [-0.2, -0.15) is 0 Å². The first kappa shape index (κ1) is 15.1. The summed E-state index contributed by atoms with van der Waals surface area (Å²) in [6.45, 7) is 5.62. The van der Waals surface area contributed by atoms with Crippen molar-refractivity contribution in [3.63, 3.8) is 0 Å². The second kappa shape index (κ2) is 8.29. The van der Waals surface area contributed by atoms with Gasteiger partial charge in [0.05, 0.1) is 6.61 Å². The van der Waals surface area contributed by atoms with E-state index in [4.69, 9.17) is 17.0 Å². The van der Waals surface area contributed by atoms with Gasteiger partial charge in [0, 0.05) is 27.2 Å². The van der Waals surface area contributed by atoms with Crippen LogP contribution in [0.25, 0.3) is 0 Å². The van der Waals surface area contributed by atoms with Crippen LogP contribution >= 0.6 is 12.2 Å². The summed E-state index contributed by atoms with van der Waals surface area (Å²) in [5, 5.41) is 6.35. The van der Waals surface area contributed by atoms with Gasteiger partial charge in [0.1, 0.15) is 6.04 Å². The Hall–Kier alpha value is -0.880. The normalized spacial score (nSPS) is 11.8. The van der Waals surface area contributed by atoms with Crippen LogP contribution in [-0.4, -0.2) is 55.8 Å². The van der Waals surface area contributed by atoms with E-state index >= 15 is 0 Å². The summed E-state index contributed by atoms with van der Waals surface area (Å²) in [6.07, 6.45) is 0. The van der Waals surface area contributed by atoms with E-state index in [1.807, 2.05) is 6.92 Å². The molecule has 0 aromatic rings. The van der Waals surface area contributed by atoms with Crippen molar-refractivity contribution in [2.24, 2.45) is 0 Å². The molecule has 0 aromatic carbocycles. The number of rotatable bonds is 6. The van der Waals surface area contributed by atoms with Crippen LogP contribution in [0.4, 0.5) is 0 Å². The van der Waals surface area contributed by atoms with Crippen molar-refractivity contribution in [1.29, 1.82) is 0 Å². The molecule has 0 bridgehead atoms. The Morgan fingerprint density at radius 2 is 2.19 bits per heavy atom. The molecule has 0 fully saturated rings. The number of nitrogens with one attached hydrogen (secondary N) is 2. The minimum atomic E-state index is -0.313. The van der Waals surface area contributed by atoms with Gasteiger partial charge in [-0.1, -0.05) is 0 Å². The lowest BCUT2D eigenvalue weighted by molar-refractivity contribution is -0.131. The van der Waals surface area contributed by atoms with Crippen LogP contribution in [0.2, 0.25) is 0 Å². The number of carbonyl (C=O) groups is 1. The molecule has 0 radical (unpaired) electrons. The third kappa shape index (κ3) is 5.87. The van der Waals surface area contributed by atoms with Crippen molar-refractivity contribution >= 4 is 23.2 Å². The average molecular weight is 247 g/mol. The van der Waals surface area contributed by atoms with Gasteiger partial charge >= 0.3 is 0 Å². The summed E-state index contributed by atoms with van der Waals surface area (Å²) in [7, 11) is 3.39. The third-order valence-electron chi connectivity index (χ3n) is 2.16. The molecule has 0 spiro atoms. The van der Waals surface area contributed by atoms with Crippen molar-refractivity contribution in [2.75, 3.05) is 33.9 Å². The summed E-state index contributed by atoms with van der Waals surface area (Å²) in [5.74, 6) is 0.0263. The van der Waals surface area contributed by atoms with E-state index in [0.717, 1.165) is 0 Å². The van der Waals surface area contributed by atoms with Crippen LogP contribution < -0.4 is 10.6 Å². The maximum Gasteiger partial charge on any atom is 0.244 e. The molecule has 1 atom stereocenters. The predicted molar refractivity (Wildman–Crippen MR) is 68.4 cm³/mol. The number of methoxy groups -OCH3 is 1. The van der Waals surface area contributed by atoms with E-state index in [0.29, 0.717) is 24.8 Å². The highest BCUT2D eigenvalue weighted by atomic mass is 32.1. The van der Waals surface area contributed by atoms with Crippen LogP contribution in [0.3, 0.4) is 0 Å². The molecule has 0 aliphatic rings. The number of likely N-dealkylation sites (N-methyl/N-ethyl adjacent to an activating group) is 1. The zero-order valence-electron chi connectivity index (χ0n) is 10.4. The molecule has 0 heterocycles. The number of hydrogen-bond acceptors (Lipinski definition) is 3. The second-order valence-corrected chi connectivity index (χ2v) is 3.88. The van der Waals surface area contributed by atoms with Crippen molar-refractivity contribution in [3.8, 4) is 0 Å². The fourth-order valence-corrected chi connectivity index (χ4v) is 1.34. The third-order valence-corrected chi connectivity index (χ3v) is 2.42. The molecule has 6 heteroatoms. The SMILES string of the molecule is CCN(C)C(=O)C(C)NC(=S)NCCOC. The second-order valence-electron chi connectivity index (χ2n) is 3.47. The first-order chi connectivity index (χ1) is 7.52. The fourth-order valence-electron chi connectivity index (χ4n) is 1.06. The van der Waals surface area contributed by atoms with E-state index in [-0.39, 0.29) is 11.9 Å². The Kier molecular flexibility index (Phi) is 7.84. The lowest BCUT2D eigenvalue weighted by atomic mass is 10.3. The summed E-state index contributed by atoms with van der Waals surface area (Å²) in [5.41, 5.74) is 0. The van der Waals surface area contributed by atoms with Gasteiger partial charge in [-0.05, 0) is 26.1 Å². The molecule has 1 unspecified atom stereocenters. The lowest BCUT2D eigenvalue weighted by Crippen LogP contribution is -2.49. The van der Waals surface area contributed by atoms with Gasteiger partial charge in [0.15, 0.2) is 5.11 Å². The van der Waals surface area contributed by atoms with Gasteiger partial charge < -0.3 is 20.3 Å². The van der Waals surface area contributed by atoms with Gasteiger partial charge in [0.25, 0.3) is 0 Å². The number of thiocarbonyl (C=S) groups is 1. The van der Waals surface area contributed by atoms with Crippen LogP contribution in [-0.2, 0) is 9.53 Å². The quantitative estimate of drug-likeness (QED) is 0.510. The van der Waals surface area contributed by atoms with Crippen molar-refractivity contribution in [2.45, 2.75) is 19.9 Å². The molecular weight excluding hydrogens is 226 g/mol. The Morgan fingerprint density at radius 1 is 1.56 bits per heavy atom. The molecule has 0 saturated heterocycles. The molecule has 0 aliphatic carbocycles. The maximum atomic E-state index is 11.7. The first-order valence-electron chi connectivity index (χ1n) is 5.31. The Labute approximate surface area is 103 Å². The molecule has 2 N–H and O–H groups in total. The summed E-state index contributed by atoms with van der Waals surface area (Å²) < 4.78 is 4.88. The molecule has 94 valence electrons. The van der Waals surface area contributed by atoms with Crippen LogP contribution in [0, 0.1) is 0 Å². The van der Waals surface area contributed by atoms with Gasteiger partial charge in [-0.25, -0.2) is 0 Å². The number of nitrogens with zero attached hydrogens (tertiary/aromatic N) is 1. The summed E-state index contributed by atoms with van der Waals surface area (Å²) in [6, 6.07) is -0.313. The zero-order valence-corrected chi connectivity index (χ0v) is 11.2. The number of ether oxygens (including phenoxy) is 1. The molecule has 0 saturated carbocycles. The van der Waals surface area contributed by atoms with Crippen LogP contribution in [0.1, 0.15) is 13.8 Å². The number of hydrogen-bond donors (Lipinski definition) is 2. The lowest BCUT2D eigenvalue weighted by Gasteiger charge is -2.21. The van der Waals surface area contributed by atoms with Gasteiger partial charge in [0.2, 0.25) is 5.91 Å². The van der Waals surface area contributed by atoms with Crippen LogP contribution in [0.5, 0.6) is 0 Å². The Morgan fingerprint density at radius 3 is 2.69 bits per heavy atom. The van der Waals surface area contributed by atoms with E-state index in [9.17, 15) is 4.79 Å². The Bertz CT molecular complexity index is 236. The highest BCUT2D eigenvalue weighted by Gasteiger charge is 2.16. The average Bonchev–Trinajstić information content (AvgIpc) is 2.27. The minimum Gasteiger partial charge on any atom is -0.383 e. The van der Waals surface area contributed by atoms with E-state index in [1.165, 1.54) is 0 Å². The Balaban J connectivity index is 3.89. The highest BCUT2D eigenvalue weighted by Crippen LogP contribution is 1.91. The predicted octanol–water partition coefficient (Wildman–Crippen LogP) is -0.0363. The fraction of sp³-hybridized carbons (Fsp3) is 0.800. The smallest absolute Gasteiger partial charge is 0.244 e. The topological polar surface area (TPSA) is 53.6 Å². The highest BCUT2D eigenvalue weighted by molar-refractivity contribution is 7.80. The van der Waals surface area contributed by atoms with Gasteiger partial charge in [-0.3, -0.25) is 4.79 Å². The number of amides is 1. The van der Waals surface area contributed by atoms with E-state index < -0.39 is 0 Å². The first-order valence-corrected chi connectivity index (χ1v) is 5.72. The molecule has 5 nitrogen and oxygen atoms in total. The molecule has 0 aromatic heterocycles. The zero-order chi connectivity index (χ0) is 12.6. The monoisotopic (exact) mass is 247 g/mol. The minimum absolute atomic E-state index is 0.0263. The van der Waals surface area contributed by atoms with E-state index in [2.05, 4.69) is 10.6 Å². The summed E-state index contributed by atoms with van der Waals surface area (Å²) in [4.78, 5) is 13.3. The molecule has 16 heavy (non-hydrogen) atoms. The summed E-state index contributed by atoms with van der Waals surface area (Å²) >= 11 is 5.04. The van der Waals surface area contributed by atoms with Crippen molar-refractivity contribution < 1.29 is 9.53 Å². The number of carbonyl (C=O) groups excluding carboxylic acids is 1. The van der Waals surface area contributed by atoms with Crippen LogP contribution in [0.15, 0.2) is 0 Å². The molecular formula is C10H21N3O2S. The van der Waals surface area contributed by atoms with Gasteiger partial charge in [-0.15, -0.1) is 0 Å². The molecule has 0 aliphatic heterocycles. The van der Waals surface area contributed by atoms with E-state index in [1.54, 1.807) is 26.0 Å². The largest absolute Gasteiger partial charge is 0.383 e. The molecule has 1 amide bonds. The van der Waals surface area contributed by atoms with Crippen molar-refractivity contribution in [1.82, 2.24) is 15.5 Å². The van der Waals surface area contributed by atoms with Crippen molar-refractivity contribution in [3.05, 3.63) is 0 Å². The standard InChI is InChI=1S/C10H21N3O2S/c1-5-13(3)9(14)8(2)12-10(16)11-6-7-15-4/h8H,5-7H2,1-4H3,(H2,11,12,16). The molecule has 0 rings (SSSR count). The maximum absolute atomic E-state index is 11.7.